The Labute approximate surface area is 86.2 Å². The van der Waals surface area contributed by atoms with Crippen molar-refractivity contribution in [1.82, 2.24) is 10.2 Å². The largest absolute Gasteiger partial charge is 0.508 e. The monoisotopic (exact) mass is 202 g/mol. The smallest absolute Gasteiger partial charge is 0.264 e. The summed E-state index contributed by atoms with van der Waals surface area (Å²) in [5.41, 5.74) is 2.09. The van der Waals surface area contributed by atoms with Crippen molar-refractivity contribution in [3.05, 3.63) is 46.2 Å². The van der Waals surface area contributed by atoms with E-state index < -0.39 is 0 Å². The number of hydrogen-bond acceptors (Lipinski definition) is 3. The molecule has 0 aliphatic heterocycles. The number of aromatic nitrogens is 2. The summed E-state index contributed by atoms with van der Waals surface area (Å²) >= 11 is 0. The number of hydrogen-bond donors (Lipinski definition) is 2. The van der Waals surface area contributed by atoms with Gasteiger partial charge in [-0.1, -0.05) is 0 Å². The van der Waals surface area contributed by atoms with E-state index in [1.54, 1.807) is 18.2 Å². The van der Waals surface area contributed by atoms with Crippen LogP contribution in [0.15, 0.2) is 35.1 Å². The normalized spacial score (nSPS) is 10.2. The first-order valence-corrected chi connectivity index (χ1v) is 4.52. The van der Waals surface area contributed by atoms with Gasteiger partial charge in [0.1, 0.15) is 5.75 Å². The number of aromatic hydroxyl groups is 1. The van der Waals surface area contributed by atoms with E-state index in [1.807, 2.05) is 13.0 Å². The molecule has 1 aromatic heterocycles. The van der Waals surface area contributed by atoms with Gasteiger partial charge in [0, 0.05) is 11.6 Å². The third-order valence-corrected chi connectivity index (χ3v) is 2.17. The Morgan fingerprint density at radius 2 is 2.07 bits per heavy atom. The van der Waals surface area contributed by atoms with E-state index in [0.717, 1.165) is 11.1 Å². The van der Waals surface area contributed by atoms with Gasteiger partial charge in [0.2, 0.25) is 0 Å². The highest BCUT2D eigenvalue weighted by atomic mass is 16.3. The van der Waals surface area contributed by atoms with Crippen LogP contribution in [-0.2, 0) is 0 Å². The van der Waals surface area contributed by atoms with Crippen molar-refractivity contribution in [2.75, 3.05) is 0 Å². The molecular weight excluding hydrogens is 192 g/mol. The lowest BCUT2D eigenvalue weighted by molar-refractivity contribution is 0.471. The molecule has 76 valence electrons. The predicted octanol–water partition coefficient (Wildman–Crippen LogP) is 1.45. The fourth-order valence-corrected chi connectivity index (χ4v) is 1.32. The topological polar surface area (TPSA) is 66.0 Å². The number of nitrogens with one attached hydrogen (secondary N) is 1. The predicted molar refractivity (Wildman–Crippen MR) is 56.7 cm³/mol. The number of H-pyrrole nitrogens is 1. The maximum atomic E-state index is 10.8. The molecule has 15 heavy (non-hydrogen) atoms. The lowest BCUT2D eigenvalue weighted by Gasteiger charge is -2.02. The molecule has 4 nitrogen and oxygen atoms in total. The average molecular weight is 202 g/mol. The van der Waals surface area contributed by atoms with Crippen LogP contribution >= 0.6 is 0 Å². The molecule has 2 rings (SSSR count). The number of rotatable bonds is 1. The third-order valence-electron chi connectivity index (χ3n) is 2.17. The minimum Gasteiger partial charge on any atom is -0.508 e. The number of phenolic OH excluding ortho intramolecular Hbond substituents is 1. The van der Waals surface area contributed by atoms with Gasteiger partial charge in [-0.2, -0.15) is 5.10 Å². The molecule has 1 heterocycles. The molecule has 1 aromatic carbocycles. The van der Waals surface area contributed by atoms with Crippen LogP contribution in [0.2, 0.25) is 0 Å². The molecule has 0 saturated heterocycles. The minimum absolute atomic E-state index is 0.228. The zero-order chi connectivity index (χ0) is 10.8. The molecule has 2 aromatic rings. The summed E-state index contributed by atoms with van der Waals surface area (Å²) in [7, 11) is 0. The van der Waals surface area contributed by atoms with Crippen molar-refractivity contribution in [2.45, 2.75) is 6.92 Å². The van der Waals surface area contributed by atoms with Gasteiger partial charge in [-0.3, -0.25) is 4.79 Å². The fraction of sp³-hybridized carbons (Fsp3) is 0.0909. The second-order valence-electron chi connectivity index (χ2n) is 3.31. The van der Waals surface area contributed by atoms with Crippen LogP contribution in [0.1, 0.15) is 5.56 Å². The van der Waals surface area contributed by atoms with Crippen molar-refractivity contribution in [2.24, 2.45) is 0 Å². The lowest BCUT2D eigenvalue weighted by atomic mass is 10.1. The molecule has 0 atom stereocenters. The molecule has 0 fully saturated rings. The Bertz CT molecular complexity index is 526. The quantitative estimate of drug-likeness (QED) is 0.735. The van der Waals surface area contributed by atoms with Gasteiger partial charge < -0.3 is 5.11 Å². The second-order valence-corrected chi connectivity index (χ2v) is 3.31. The van der Waals surface area contributed by atoms with Crippen molar-refractivity contribution < 1.29 is 5.11 Å². The van der Waals surface area contributed by atoms with Gasteiger partial charge in [-0.25, -0.2) is 5.10 Å². The first kappa shape index (κ1) is 9.45. The van der Waals surface area contributed by atoms with E-state index in [1.165, 1.54) is 6.07 Å². The maximum absolute atomic E-state index is 10.8. The van der Waals surface area contributed by atoms with E-state index in [2.05, 4.69) is 10.2 Å². The van der Waals surface area contributed by atoms with E-state index in [9.17, 15) is 9.90 Å². The van der Waals surface area contributed by atoms with Crippen LogP contribution in [0.25, 0.3) is 11.3 Å². The van der Waals surface area contributed by atoms with Crippen molar-refractivity contribution in [1.29, 1.82) is 0 Å². The molecule has 0 spiro atoms. The van der Waals surface area contributed by atoms with E-state index in [-0.39, 0.29) is 11.3 Å². The Hall–Kier alpha value is -2.10. The van der Waals surface area contributed by atoms with Crippen LogP contribution < -0.4 is 5.56 Å². The Kier molecular flexibility index (Phi) is 2.25. The number of benzene rings is 1. The van der Waals surface area contributed by atoms with Crippen molar-refractivity contribution in [3.63, 3.8) is 0 Å². The van der Waals surface area contributed by atoms with Crippen LogP contribution in [-0.4, -0.2) is 15.3 Å². The molecule has 0 saturated carbocycles. The summed E-state index contributed by atoms with van der Waals surface area (Å²) in [6.07, 6.45) is 0. The van der Waals surface area contributed by atoms with E-state index in [0.29, 0.717) is 5.69 Å². The second kappa shape index (κ2) is 3.57. The molecule has 0 aliphatic rings. The molecular formula is C11H10N2O2. The zero-order valence-corrected chi connectivity index (χ0v) is 8.19. The number of phenols is 1. The number of nitrogens with zero attached hydrogens (tertiary/aromatic N) is 1. The summed E-state index contributed by atoms with van der Waals surface area (Å²) in [6, 6.07) is 8.24. The highest BCUT2D eigenvalue weighted by molar-refractivity contribution is 5.61. The molecule has 0 unspecified atom stereocenters. The molecule has 0 radical (unpaired) electrons. The van der Waals surface area contributed by atoms with Crippen LogP contribution in [0, 0.1) is 6.92 Å². The van der Waals surface area contributed by atoms with Crippen LogP contribution in [0.4, 0.5) is 0 Å². The summed E-state index contributed by atoms with van der Waals surface area (Å²) in [5, 5.41) is 15.6. The first-order chi connectivity index (χ1) is 7.16. The Morgan fingerprint density at radius 1 is 1.27 bits per heavy atom. The summed E-state index contributed by atoms with van der Waals surface area (Å²) < 4.78 is 0. The van der Waals surface area contributed by atoms with Crippen molar-refractivity contribution >= 4 is 0 Å². The van der Waals surface area contributed by atoms with Gasteiger partial charge in [0.15, 0.2) is 0 Å². The summed E-state index contributed by atoms with van der Waals surface area (Å²) in [6.45, 7) is 1.81. The molecule has 4 heteroatoms. The highest BCUT2D eigenvalue weighted by Gasteiger charge is 2.01. The Balaban J connectivity index is 2.50. The molecule has 2 N–H and O–H groups in total. The van der Waals surface area contributed by atoms with Gasteiger partial charge in [-0.15, -0.1) is 0 Å². The molecule has 0 aliphatic carbocycles. The molecule has 0 bridgehead atoms. The fourth-order valence-electron chi connectivity index (χ4n) is 1.32. The zero-order valence-electron chi connectivity index (χ0n) is 8.19. The van der Waals surface area contributed by atoms with Crippen LogP contribution in [0.3, 0.4) is 0 Å². The standard InChI is InChI=1S/C11H10N2O2/c1-7-6-8(2-4-10(7)14)9-3-5-11(15)13-12-9/h2-6,14H,1H3,(H,13,15). The average Bonchev–Trinajstić information content (AvgIpc) is 2.23. The minimum atomic E-state index is -0.228. The number of aromatic amines is 1. The van der Waals surface area contributed by atoms with Crippen LogP contribution in [0.5, 0.6) is 5.75 Å². The third kappa shape index (κ3) is 1.88. The van der Waals surface area contributed by atoms with E-state index in [4.69, 9.17) is 0 Å². The van der Waals surface area contributed by atoms with Gasteiger partial charge >= 0.3 is 0 Å². The lowest BCUT2D eigenvalue weighted by Crippen LogP contribution is -2.05. The van der Waals surface area contributed by atoms with Gasteiger partial charge in [-0.05, 0) is 36.8 Å². The molecule has 0 amide bonds. The highest BCUT2D eigenvalue weighted by Crippen LogP contribution is 2.22. The van der Waals surface area contributed by atoms with Gasteiger partial charge in [0.05, 0.1) is 5.69 Å². The van der Waals surface area contributed by atoms with E-state index >= 15 is 0 Å². The first-order valence-electron chi connectivity index (χ1n) is 4.52. The summed E-state index contributed by atoms with van der Waals surface area (Å²) in [4.78, 5) is 10.8. The van der Waals surface area contributed by atoms with Crippen molar-refractivity contribution in [3.8, 4) is 17.0 Å². The Morgan fingerprint density at radius 3 is 2.67 bits per heavy atom. The number of aryl methyl sites for hydroxylation is 1. The summed E-state index contributed by atoms with van der Waals surface area (Å²) in [5.74, 6) is 0.253. The maximum Gasteiger partial charge on any atom is 0.264 e. The SMILES string of the molecule is Cc1cc(-c2ccc(=O)[nH]n2)ccc1O. The van der Waals surface area contributed by atoms with Gasteiger partial charge in [0.25, 0.3) is 5.56 Å².